The molecule has 2 rings (SSSR count). The van der Waals surface area contributed by atoms with Crippen molar-refractivity contribution in [3.63, 3.8) is 0 Å². The first-order chi connectivity index (χ1) is 9.90. The third-order valence-corrected chi connectivity index (χ3v) is 4.39. The molecule has 0 amide bonds. The molecule has 0 fully saturated rings. The third-order valence-electron chi connectivity index (χ3n) is 2.94. The molecule has 2 aromatic rings. The summed E-state index contributed by atoms with van der Waals surface area (Å²) < 4.78 is 2.47. The monoisotopic (exact) mass is 437 g/mol. The molecule has 0 aliphatic carbocycles. The fraction of sp³-hybridized carbons (Fsp3) is 0.286. The summed E-state index contributed by atoms with van der Waals surface area (Å²) in [5.74, 6) is -0.164. The quantitative estimate of drug-likeness (QED) is 0.530. The molecule has 112 valence electrons. The lowest BCUT2D eigenvalue weighted by molar-refractivity contribution is 0.102. The second-order valence-corrected chi connectivity index (χ2v) is 6.83. The molecule has 21 heavy (non-hydrogen) atoms. The maximum Gasteiger partial charge on any atom is 0.213 e. The van der Waals surface area contributed by atoms with Gasteiger partial charge in [0.2, 0.25) is 5.78 Å². The highest BCUT2D eigenvalue weighted by atomic mass is 127. The molecule has 0 saturated carbocycles. The minimum atomic E-state index is -0.164. The highest BCUT2D eigenvalue weighted by Gasteiger charge is 2.21. The van der Waals surface area contributed by atoms with Crippen LogP contribution in [0.3, 0.4) is 0 Å². The van der Waals surface area contributed by atoms with E-state index in [4.69, 9.17) is 23.2 Å². The predicted molar refractivity (Wildman–Crippen MR) is 93.4 cm³/mol. The zero-order chi connectivity index (χ0) is 15.6. The van der Waals surface area contributed by atoms with Crippen LogP contribution in [0.2, 0.25) is 10.0 Å². The molecule has 4 nitrogen and oxygen atoms in total. The summed E-state index contributed by atoms with van der Waals surface area (Å²) in [5.41, 5.74) is 0.940. The second kappa shape index (κ2) is 7.09. The Kier molecular flexibility index (Phi) is 5.65. The number of nitrogens with zero attached hydrogens (tertiary/aromatic N) is 3. The van der Waals surface area contributed by atoms with Gasteiger partial charge >= 0.3 is 0 Å². The molecule has 0 unspecified atom stereocenters. The Bertz CT molecular complexity index is 670. The highest BCUT2D eigenvalue weighted by Crippen LogP contribution is 2.24. The summed E-state index contributed by atoms with van der Waals surface area (Å²) in [6.07, 6.45) is 1.50. The van der Waals surface area contributed by atoms with Gasteiger partial charge in [-0.1, -0.05) is 23.2 Å². The van der Waals surface area contributed by atoms with E-state index in [1.165, 1.54) is 6.20 Å². The number of halogens is 3. The standard InChI is InChI=1S/C14H14Cl2IN3O/c1-19(2)5-6-20-13(11(16)8-18-20)14(21)10-7-9(15)3-4-12(10)17/h3-4,7-8H,5-6H2,1-2H3. The van der Waals surface area contributed by atoms with Gasteiger partial charge in [-0.15, -0.1) is 0 Å². The number of hydrogen-bond donors (Lipinski definition) is 0. The Morgan fingerprint density at radius 3 is 2.76 bits per heavy atom. The van der Waals surface area contributed by atoms with Crippen molar-refractivity contribution >= 4 is 51.6 Å². The van der Waals surface area contributed by atoms with Crippen molar-refractivity contribution in [3.8, 4) is 0 Å². The van der Waals surface area contributed by atoms with Gasteiger partial charge in [-0.2, -0.15) is 5.10 Å². The van der Waals surface area contributed by atoms with Crippen LogP contribution in [0.15, 0.2) is 24.4 Å². The first-order valence-corrected chi connectivity index (χ1v) is 8.09. The number of aromatic nitrogens is 2. The largest absolute Gasteiger partial charge is 0.308 e. The van der Waals surface area contributed by atoms with Crippen LogP contribution < -0.4 is 0 Å². The zero-order valence-corrected chi connectivity index (χ0v) is 15.3. The molecule has 1 aromatic carbocycles. The van der Waals surface area contributed by atoms with Gasteiger partial charge in [-0.3, -0.25) is 9.48 Å². The summed E-state index contributed by atoms with van der Waals surface area (Å²) in [4.78, 5) is 14.8. The van der Waals surface area contributed by atoms with Crippen LogP contribution in [0.25, 0.3) is 0 Å². The van der Waals surface area contributed by atoms with Crippen molar-refractivity contribution in [3.05, 3.63) is 49.3 Å². The third kappa shape index (κ3) is 3.97. The molecule has 0 N–H and O–H groups in total. The van der Waals surface area contributed by atoms with E-state index in [-0.39, 0.29) is 5.78 Å². The minimum Gasteiger partial charge on any atom is -0.308 e. The summed E-state index contributed by atoms with van der Waals surface area (Å²) in [6, 6.07) is 5.22. The van der Waals surface area contributed by atoms with E-state index in [2.05, 4.69) is 27.7 Å². The first-order valence-electron chi connectivity index (χ1n) is 6.26. The van der Waals surface area contributed by atoms with Gasteiger partial charge in [0.25, 0.3) is 0 Å². The van der Waals surface area contributed by atoms with E-state index in [9.17, 15) is 4.79 Å². The van der Waals surface area contributed by atoms with E-state index in [1.807, 2.05) is 25.1 Å². The number of hydrogen-bond acceptors (Lipinski definition) is 3. The molecule has 0 aliphatic rings. The fourth-order valence-corrected chi connectivity index (χ4v) is 2.83. The van der Waals surface area contributed by atoms with E-state index >= 15 is 0 Å². The zero-order valence-electron chi connectivity index (χ0n) is 11.6. The Morgan fingerprint density at radius 2 is 2.10 bits per heavy atom. The minimum absolute atomic E-state index is 0.164. The number of carbonyl (C=O) groups excluding carboxylic acids is 1. The number of likely N-dealkylation sites (N-methyl/N-ethyl adjacent to an activating group) is 1. The Morgan fingerprint density at radius 1 is 1.38 bits per heavy atom. The molecule has 0 aliphatic heterocycles. The number of carbonyl (C=O) groups is 1. The summed E-state index contributed by atoms with van der Waals surface area (Å²) in [5, 5.41) is 5.07. The fourth-order valence-electron chi connectivity index (χ4n) is 1.85. The van der Waals surface area contributed by atoms with Crippen molar-refractivity contribution in [1.29, 1.82) is 0 Å². The molecule has 0 spiro atoms. The number of rotatable bonds is 5. The Hall–Kier alpha value is -0.630. The van der Waals surface area contributed by atoms with Gasteiger partial charge in [0.05, 0.1) is 17.8 Å². The van der Waals surface area contributed by atoms with E-state index in [1.54, 1.807) is 16.8 Å². The van der Waals surface area contributed by atoms with Crippen LogP contribution in [0.4, 0.5) is 0 Å². The molecule has 7 heteroatoms. The van der Waals surface area contributed by atoms with Gasteiger partial charge in [-0.05, 0) is 54.9 Å². The molecular weight excluding hydrogens is 424 g/mol. The molecule has 1 heterocycles. The topological polar surface area (TPSA) is 38.1 Å². The lowest BCUT2D eigenvalue weighted by Gasteiger charge is -2.12. The van der Waals surface area contributed by atoms with Gasteiger partial charge in [-0.25, -0.2) is 0 Å². The molecule has 0 saturated heterocycles. The van der Waals surface area contributed by atoms with Crippen molar-refractivity contribution in [2.75, 3.05) is 20.6 Å². The van der Waals surface area contributed by atoms with Crippen LogP contribution >= 0.6 is 45.8 Å². The molecule has 0 atom stereocenters. The van der Waals surface area contributed by atoms with Crippen LogP contribution in [0.5, 0.6) is 0 Å². The first kappa shape index (κ1) is 16.7. The lowest BCUT2D eigenvalue weighted by Crippen LogP contribution is -2.22. The van der Waals surface area contributed by atoms with E-state index in [0.717, 1.165) is 10.1 Å². The van der Waals surface area contributed by atoms with Crippen molar-refractivity contribution < 1.29 is 4.79 Å². The lowest BCUT2D eigenvalue weighted by atomic mass is 10.1. The second-order valence-electron chi connectivity index (χ2n) is 4.82. The molecular formula is C14H14Cl2IN3O. The van der Waals surface area contributed by atoms with Crippen molar-refractivity contribution in [1.82, 2.24) is 14.7 Å². The van der Waals surface area contributed by atoms with Gasteiger partial charge in [0.1, 0.15) is 5.69 Å². The van der Waals surface area contributed by atoms with Crippen LogP contribution in [0.1, 0.15) is 16.1 Å². The van der Waals surface area contributed by atoms with Crippen LogP contribution in [0, 0.1) is 3.57 Å². The Labute approximate surface area is 147 Å². The van der Waals surface area contributed by atoms with Crippen LogP contribution in [-0.4, -0.2) is 41.1 Å². The van der Waals surface area contributed by atoms with Crippen molar-refractivity contribution in [2.24, 2.45) is 0 Å². The maximum atomic E-state index is 12.7. The number of benzene rings is 1. The maximum absolute atomic E-state index is 12.7. The summed E-state index contributed by atoms with van der Waals surface area (Å²) >= 11 is 14.2. The smallest absolute Gasteiger partial charge is 0.213 e. The Balaban J connectivity index is 2.39. The molecule has 0 radical (unpaired) electrons. The van der Waals surface area contributed by atoms with E-state index in [0.29, 0.717) is 27.8 Å². The highest BCUT2D eigenvalue weighted by molar-refractivity contribution is 14.1. The van der Waals surface area contributed by atoms with Gasteiger partial charge in [0, 0.05) is 20.7 Å². The normalized spacial score (nSPS) is 11.1. The van der Waals surface area contributed by atoms with E-state index < -0.39 is 0 Å². The summed E-state index contributed by atoms with van der Waals surface area (Å²) in [7, 11) is 3.93. The SMILES string of the molecule is CN(C)CCn1ncc(Cl)c1C(=O)c1cc(Cl)ccc1I. The van der Waals surface area contributed by atoms with Gasteiger partial charge < -0.3 is 4.90 Å². The molecule has 0 bridgehead atoms. The molecule has 1 aromatic heterocycles. The van der Waals surface area contributed by atoms with Gasteiger partial charge in [0.15, 0.2) is 0 Å². The average molecular weight is 438 g/mol. The number of ketones is 1. The average Bonchev–Trinajstić information content (AvgIpc) is 2.79. The summed E-state index contributed by atoms with van der Waals surface area (Å²) in [6.45, 7) is 1.36. The van der Waals surface area contributed by atoms with Crippen LogP contribution in [-0.2, 0) is 6.54 Å². The predicted octanol–water partition coefficient (Wildman–Crippen LogP) is 3.59. The van der Waals surface area contributed by atoms with Crippen molar-refractivity contribution in [2.45, 2.75) is 6.54 Å².